The minimum absolute atomic E-state index is 0. The largest absolute Gasteiger partial charge is 0.315 e. The number of hydrogen-bond acceptors (Lipinski definition) is 2. The van der Waals surface area contributed by atoms with E-state index in [2.05, 4.69) is 0 Å². The van der Waals surface area contributed by atoms with Gasteiger partial charge in [-0.1, -0.05) is 36.2 Å². The molecule has 0 saturated heterocycles. The molecule has 1 atom stereocenters. The van der Waals surface area contributed by atoms with Gasteiger partial charge in [-0.25, -0.2) is 0 Å². The van der Waals surface area contributed by atoms with Crippen molar-refractivity contribution in [2.24, 2.45) is 5.73 Å². The van der Waals surface area contributed by atoms with Crippen LogP contribution in [0.1, 0.15) is 31.2 Å². The Balaban J connectivity index is 0.00000128. The quantitative estimate of drug-likeness (QED) is 0.843. The van der Waals surface area contributed by atoms with Crippen molar-refractivity contribution in [3.05, 3.63) is 34.9 Å². The molecule has 2 rings (SSSR count). The molecule has 2 nitrogen and oxygen atoms in total. The molecule has 0 spiro atoms. The molecule has 0 amide bonds. The summed E-state index contributed by atoms with van der Waals surface area (Å²) >= 11 is 6.08. The third-order valence-electron chi connectivity index (χ3n) is 3.08. The zero-order chi connectivity index (χ0) is 10.9. The van der Waals surface area contributed by atoms with Crippen molar-refractivity contribution in [3.63, 3.8) is 0 Å². The lowest BCUT2D eigenvalue weighted by Gasteiger charge is -2.32. The standard InChI is InChI=1S/C12H14ClNO.ClH/c13-10-6-2-1-5-9(10)12(14)8-4-3-7-11(12)15;/h1-2,5-6H,3-4,7-8,14H2;1H. The van der Waals surface area contributed by atoms with E-state index in [4.69, 9.17) is 17.3 Å². The van der Waals surface area contributed by atoms with Crippen LogP contribution in [0.15, 0.2) is 24.3 Å². The number of carbonyl (C=O) groups is 1. The summed E-state index contributed by atoms with van der Waals surface area (Å²) in [7, 11) is 0. The van der Waals surface area contributed by atoms with Crippen LogP contribution in [0.25, 0.3) is 0 Å². The molecule has 4 heteroatoms. The number of Topliss-reactive ketones (excluding diaryl/α,β-unsaturated/α-hetero) is 1. The van der Waals surface area contributed by atoms with E-state index < -0.39 is 5.54 Å². The molecule has 0 bridgehead atoms. The van der Waals surface area contributed by atoms with Gasteiger partial charge >= 0.3 is 0 Å². The molecule has 88 valence electrons. The first-order chi connectivity index (χ1) is 7.14. The van der Waals surface area contributed by atoms with E-state index in [9.17, 15) is 4.79 Å². The van der Waals surface area contributed by atoms with Gasteiger partial charge in [0.15, 0.2) is 5.78 Å². The maximum atomic E-state index is 11.9. The fourth-order valence-electron chi connectivity index (χ4n) is 2.16. The Kier molecular flexibility index (Phi) is 4.36. The van der Waals surface area contributed by atoms with Crippen LogP contribution >= 0.6 is 24.0 Å². The SMILES string of the molecule is Cl.NC1(c2ccccc2Cl)CCCCC1=O. The summed E-state index contributed by atoms with van der Waals surface area (Å²) in [5, 5.41) is 0.593. The summed E-state index contributed by atoms with van der Waals surface area (Å²) in [5.74, 6) is 0.113. The molecule has 1 fully saturated rings. The molecule has 0 aliphatic heterocycles. The molecular formula is C12H15Cl2NO. The summed E-state index contributed by atoms with van der Waals surface area (Å²) in [6, 6.07) is 7.36. The summed E-state index contributed by atoms with van der Waals surface area (Å²) in [6.45, 7) is 0. The van der Waals surface area contributed by atoms with Crippen molar-refractivity contribution < 1.29 is 4.79 Å². The van der Waals surface area contributed by atoms with Crippen molar-refractivity contribution in [2.75, 3.05) is 0 Å². The minimum Gasteiger partial charge on any atom is -0.315 e. The Bertz CT molecular complexity index is 394. The summed E-state index contributed by atoms with van der Waals surface area (Å²) in [6.07, 6.45) is 3.22. The average molecular weight is 260 g/mol. The average Bonchev–Trinajstić information content (AvgIpc) is 2.23. The molecule has 2 N–H and O–H groups in total. The molecule has 1 aromatic carbocycles. The van der Waals surface area contributed by atoms with Crippen molar-refractivity contribution in [2.45, 2.75) is 31.2 Å². The molecule has 1 unspecified atom stereocenters. The van der Waals surface area contributed by atoms with Gasteiger partial charge in [-0.2, -0.15) is 0 Å². The Hall–Kier alpha value is -0.570. The van der Waals surface area contributed by atoms with Gasteiger partial charge in [0, 0.05) is 11.4 Å². The van der Waals surface area contributed by atoms with E-state index in [1.165, 1.54) is 0 Å². The second kappa shape index (κ2) is 5.17. The highest BCUT2D eigenvalue weighted by Gasteiger charge is 2.38. The summed E-state index contributed by atoms with van der Waals surface area (Å²) < 4.78 is 0. The Labute approximate surface area is 107 Å². The number of rotatable bonds is 1. The van der Waals surface area contributed by atoms with E-state index in [-0.39, 0.29) is 18.2 Å². The Morgan fingerprint density at radius 3 is 2.56 bits per heavy atom. The molecule has 0 heterocycles. The fourth-order valence-corrected chi connectivity index (χ4v) is 2.46. The third kappa shape index (κ3) is 2.24. The van der Waals surface area contributed by atoms with Gasteiger partial charge < -0.3 is 5.73 Å². The minimum atomic E-state index is -0.851. The van der Waals surface area contributed by atoms with Gasteiger partial charge in [-0.3, -0.25) is 4.79 Å². The first-order valence-corrected chi connectivity index (χ1v) is 5.59. The van der Waals surface area contributed by atoms with Crippen LogP contribution in [0.2, 0.25) is 5.02 Å². The number of halogens is 2. The van der Waals surface area contributed by atoms with E-state index in [1.807, 2.05) is 18.2 Å². The highest BCUT2D eigenvalue weighted by molar-refractivity contribution is 6.31. The molecule has 1 aliphatic rings. The second-order valence-corrected chi connectivity index (χ2v) is 4.49. The van der Waals surface area contributed by atoms with Gasteiger partial charge in [0.1, 0.15) is 5.54 Å². The van der Waals surface area contributed by atoms with Crippen molar-refractivity contribution >= 4 is 29.8 Å². The number of nitrogens with two attached hydrogens (primary N) is 1. The monoisotopic (exact) mass is 259 g/mol. The van der Waals surface area contributed by atoms with E-state index in [0.717, 1.165) is 18.4 Å². The number of carbonyl (C=O) groups excluding carboxylic acids is 1. The third-order valence-corrected chi connectivity index (χ3v) is 3.41. The van der Waals surface area contributed by atoms with Gasteiger partial charge in [0.2, 0.25) is 0 Å². The van der Waals surface area contributed by atoms with Crippen molar-refractivity contribution in [3.8, 4) is 0 Å². The van der Waals surface area contributed by atoms with Crippen molar-refractivity contribution in [1.82, 2.24) is 0 Å². The number of hydrogen-bond donors (Lipinski definition) is 1. The summed E-state index contributed by atoms with van der Waals surface area (Å²) in [4.78, 5) is 11.9. The molecule has 1 saturated carbocycles. The van der Waals surface area contributed by atoms with E-state index in [0.29, 0.717) is 17.9 Å². The van der Waals surface area contributed by atoms with Crippen LogP contribution in [0.4, 0.5) is 0 Å². The number of benzene rings is 1. The van der Waals surface area contributed by atoms with E-state index in [1.54, 1.807) is 6.07 Å². The first kappa shape index (κ1) is 13.5. The molecule has 1 aliphatic carbocycles. The molecule has 0 aromatic heterocycles. The smallest absolute Gasteiger partial charge is 0.157 e. The topological polar surface area (TPSA) is 43.1 Å². The van der Waals surface area contributed by atoms with Crippen LogP contribution in [-0.4, -0.2) is 5.78 Å². The van der Waals surface area contributed by atoms with Crippen LogP contribution in [0.5, 0.6) is 0 Å². The second-order valence-electron chi connectivity index (χ2n) is 4.08. The Morgan fingerprint density at radius 2 is 1.94 bits per heavy atom. The highest BCUT2D eigenvalue weighted by atomic mass is 35.5. The van der Waals surface area contributed by atoms with Crippen LogP contribution in [0, 0.1) is 0 Å². The predicted molar refractivity (Wildman–Crippen MR) is 68.0 cm³/mol. The zero-order valence-electron chi connectivity index (χ0n) is 8.91. The first-order valence-electron chi connectivity index (χ1n) is 5.22. The normalized spacial score (nSPS) is 25.0. The Morgan fingerprint density at radius 1 is 1.25 bits per heavy atom. The lowest BCUT2D eigenvalue weighted by molar-refractivity contribution is -0.126. The molecular weight excluding hydrogens is 245 g/mol. The maximum absolute atomic E-state index is 11.9. The lowest BCUT2D eigenvalue weighted by Crippen LogP contribution is -2.47. The molecule has 0 radical (unpaired) electrons. The van der Waals surface area contributed by atoms with Gasteiger partial charge in [-0.05, 0) is 24.5 Å². The predicted octanol–water partition coefficient (Wildman–Crippen LogP) is 3.06. The van der Waals surface area contributed by atoms with Gasteiger partial charge in [-0.15, -0.1) is 12.4 Å². The lowest BCUT2D eigenvalue weighted by atomic mass is 9.76. The number of ketones is 1. The van der Waals surface area contributed by atoms with Crippen LogP contribution < -0.4 is 5.73 Å². The molecule has 16 heavy (non-hydrogen) atoms. The highest BCUT2D eigenvalue weighted by Crippen LogP contribution is 2.35. The van der Waals surface area contributed by atoms with Gasteiger partial charge in [0.05, 0.1) is 0 Å². The maximum Gasteiger partial charge on any atom is 0.157 e. The van der Waals surface area contributed by atoms with E-state index >= 15 is 0 Å². The summed E-state index contributed by atoms with van der Waals surface area (Å²) in [5.41, 5.74) is 6.11. The van der Waals surface area contributed by atoms with Crippen LogP contribution in [-0.2, 0) is 10.3 Å². The zero-order valence-corrected chi connectivity index (χ0v) is 10.5. The van der Waals surface area contributed by atoms with Crippen molar-refractivity contribution in [1.29, 1.82) is 0 Å². The molecule has 1 aromatic rings. The van der Waals surface area contributed by atoms with Crippen LogP contribution in [0.3, 0.4) is 0 Å². The fraction of sp³-hybridized carbons (Fsp3) is 0.417. The van der Waals surface area contributed by atoms with Gasteiger partial charge in [0.25, 0.3) is 0 Å².